The van der Waals surface area contributed by atoms with Crippen LogP contribution in [0.2, 0.25) is 0 Å². The summed E-state index contributed by atoms with van der Waals surface area (Å²) in [5.41, 5.74) is 10.00. The molecule has 0 unspecified atom stereocenters. The predicted octanol–water partition coefficient (Wildman–Crippen LogP) is 4.41. The van der Waals surface area contributed by atoms with Crippen molar-refractivity contribution >= 4 is 40.4 Å². The molecular weight excluding hydrogens is 524 g/mol. The molecule has 9 nitrogen and oxygen atoms in total. The lowest BCUT2D eigenvalue weighted by Gasteiger charge is -2.21. The van der Waals surface area contributed by atoms with E-state index >= 15 is 0 Å². The van der Waals surface area contributed by atoms with Crippen molar-refractivity contribution < 1.29 is 4.74 Å². The Bertz CT molecular complexity index is 1620. The number of guanidine groups is 2. The molecule has 214 valence electrons. The van der Waals surface area contributed by atoms with Crippen molar-refractivity contribution in [2.24, 2.45) is 20.0 Å². The zero-order valence-corrected chi connectivity index (χ0v) is 24.2. The van der Waals surface area contributed by atoms with E-state index in [9.17, 15) is 0 Å². The van der Waals surface area contributed by atoms with Gasteiger partial charge in [0.2, 0.25) is 11.9 Å². The minimum absolute atomic E-state index is 0.722. The molecule has 42 heavy (non-hydrogen) atoms. The van der Waals surface area contributed by atoms with Gasteiger partial charge in [-0.05, 0) is 79.2 Å². The number of benzene rings is 3. The molecule has 0 spiro atoms. The Morgan fingerprint density at radius 3 is 2.26 bits per heavy atom. The minimum Gasteiger partial charge on any atom is -0.494 e. The first-order chi connectivity index (χ1) is 20.6. The molecule has 0 aliphatic carbocycles. The van der Waals surface area contributed by atoms with Gasteiger partial charge in [-0.3, -0.25) is 24.9 Å². The third kappa shape index (κ3) is 5.52. The van der Waals surface area contributed by atoms with Gasteiger partial charge in [0.1, 0.15) is 5.75 Å². The summed E-state index contributed by atoms with van der Waals surface area (Å²) in [5, 5.41) is 6.84. The standard InChI is InChI=1S/C33H36N8O/c1-40(2)15-3-17-42-27-9-11-29-25(19-27)21-31(39-29)23-6-4-22(5-7-23)30-20-24-18-26(8-10-28(24)38-30)37-33-36-14-16-41(33)32-34-12-13-35-32/h4-11,18-19H,3,12-17,20-21H2,1-2H3,(H,34,35)(H,36,37). The molecule has 9 heteroatoms. The maximum absolute atomic E-state index is 5.98. The zero-order chi connectivity index (χ0) is 28.5. The molecule has 0 saturated heterocycles. The predicted molar refractivity (Wildman–Crippen MR) is 171 cm³/mol. The van der Waals surface area contributed by atoms with Crippen molar-refractivity contribution in [2.75, 3.05) is 58.7 Å². The second kappa shape index (κ2) is 11.4. The summed E-state index contributed by atoms with van der Waals surface area (Å²) in [4.78, 5) is 23.4. The van der Waals surface area contributed by atoms with E-state index in [4.69, 9.17) is 14.7 Å². The van der Waals surface area contributed by atoms with Gasteiger partial charge < -0.3 is 20.3 Å². The van der Waals surface area contributed by atoms with Crippen LogP contribution in [0.1, 0.15) is 28.7 Å². The Hall–Kier alpha value is -4.50. The van der Waals surface area contributed by atoms with Crippen LogP contribution >= 0.6 is 0 Å². The maximum Gasteiger partial charge on any atom is 0.205 e. The fraction of sp³-hybridized carbons (Fsp3) is 0.333. The van der Waals surface area contributed by atoms with Gasteiger partial charge >= 0.3 is 0 Å². The first-order valence-electron chi connectivity index (χ1n) is 14.8. The van der Waals surface area contributed by atoms with Gasteiger partial charge in [0.25, 0.3) is 0 Å². The lowest BCUT2D eigenvalue weighted by molar-refractivity contribution is 0.281. The SMILES string of the molecule is CN(C)CCCOc1ccc2c(c1)CC(c1ccc(C3=Nc4ccc(NC5=NCCN5C5=NCCN5)cc4C3)cc1)=N2. The van der Waals surface area contributed by atoms with Crippen LogP contribution in [0.25, 0.3) is 0 Å². The van der Waals surface area contributed by atoms with Crippen molar-refractivity contribution in [1.82, 2.24) is 15.1 Å². The Labute approximate surface area is 246 Å². The normalized spacial score (nSPS) is 17.0. The first-order valence-corrected chi connectivity index (χ1v) is 14.8. The molecule has 4 heterocycles. The van der Waals surface area contributed by atoms with Gasteiger partial charge in [-0.25, -0.2) is 0 Å². The molecule has 0 atom stereocenters. The lowest BCUT2D eigenvalue weighted by atomic mass is 9.99. The van der Waals surface area contributed by atoms with Gasteiger partial charge in [-0.1, -0.05) is 24.3 Å². The van der Waals surface area contributed by atoms with E-state index in [2.05, 4.69) is 99.1 Å². The van der Waals surface area contributed by atoms with Crippen molar-refractivity contribution in [3.05, 3.63) is 82.9 Å². The average Bonchev–Trinajstić information content (AvgIpc) is 3.81. The first kappa shape index (κ1) is 26.4. The zero-order valence-electron chi connectivity index (χ0n) is 24.2. The average molecular weight is 561 g/mol. The molecule has 0 radical (unpaired) electrons. The summed E-state index contributed by atoms with van der Waals surface area (Å²) < 4.78 is 5.98. The van der Waals surface area contributed by atoms with Crippen LogP contribution in [-0.2, 0) is 12.8 Å². The van der Waals surface area contributed by atoms with Crippen molar-refractivity contribution in [3.63, 3.8) is 0 Å². The van der Waals surface area contributed by atoms with Crippen LogP contribution in [-0.4, -0.2) is 86.6 Å². The molecule has 2 N–H and O–H groups in total. The van der Waals surface area contributed by atoms with E-state index in [0.29, 0.717) is 0 Å². The number of fused-ring (bicyclic) bond motifs is 2. The third-order valence-corrected chi connectivity index (χ3v) is 7.94. The van der Waals surface area contributed by atoms with E-state index in [0.717, 1.165) is 116 Å². The van der Waals surface area contributed by atoms with Gasteiger partial charge in [0, 0.05) is 38.2 Å². The summed E-state index contributed by atoms with van der Waals surface area (Å²) in [5.74, 6) is 2.68. The third-order valence-electron chi connectivity index (χ3n) is 7.94. The Balaban J connectivity index is 0.972. The summed E-state index contributed by atoms with van der Waals surface area (Å²) in [6, 6.07) is 21.3. The summed E-state index contributed by atoms with van der Waals surface area (Å²) in [6.45, 7) is 5.05. The number of nitrogens with one attached hydrogen (secondary N) is 2. The molecule has 3 aromatic rings. The van der Waals surface area contributed by atoms with Crippen LogP contribution in [0.15, 0.2) is 80.6 Å². The van der Waals surface area contributed by atoms with E-state index in [-0.39, 0.29) is 0 Å². The Morgan fingerprint density at radius 2 is 1.57 bits per heavy atom. The van der Waals surface area contributed by atoms with Crippen LogP contribution in [0, 0.1) is 0 Å². The van der Waals surface area contributed by atoms with E-state index in [1.54, 1.807) is 0 Å². The van der Waals surface area contributed by atoms with Crippen molar-refractivity contribution in [3.8, 4) is 5.75 Å². The Morgan fingerprint density at radius 1 is 0.857 bits per heavy atom. The van der Waals surface area contributed by atoms with E-state index in [1.807, 2.05) is 6.07 Å². The summed E-state index contributed by atoms with van der Waals surface area (Å²) >= 11 is 0. The number of hydrogen-bond donors (Lipinski definition) is 2. The van der Waals surface area contributed by atoms with Gasteiger partial charge in [-0.2, -0.15) is 0 Å². The number of nitrogens with zero attached hydrogens (tertiary/aromatic N) is 6. The fourth-order valence-corrected chi connectivity index (χ4v) is 5.76. The van der Waals surface area contributed by atoms with Gasteiger partial charge in [0.05, 0.1) is 42.5 Å². The summed E-state index contributed by atoms with van der Waals surface area (Å²) in [7, 11) is 4.17. The monoisotopic (exact) mass is 560 g/mol. The topological polar surface area (TPSA) is 89.2 Å². The van der Waals surface area contributed by atoms with Crippen LogP contribution in [0.3, 0.4) is 0 Å². The van der Waals surface area contributed by atoms with Crippen molar-refractivity contribution in [2.45, 2.75) is 19.3 Å². The number of rotatable bonds is 8. The molecule has 0 fully saturated rings. The van der Waals surface area contributed by atoms with Crippen LogP contribution in [0.5, 0.6) is 5.75 Å². The van der Waals surface area contributed by atoms with Crippen molar-refractivity contribution in [1.29, 1.82) is 0 Å². The minimum atomic E-state index is 0.722. The molecule has 0 aromatic heterocycles. The van der Waals surface area contributed by atoms with E-state index in [1.165, 1.54) is 11.1 Å². The lowest BCUT2D eigenvalue weighted by Crippen LogP contribution is -2.43. The summed E-state index contributed by atoms with van der Waals surface area (Å²) in [6.07, 6.45) is 2.63. The van der Waals surface area contributed by atoms with Crippen LogP contribution in [0.4, 0.5) is 17.1 Å². The number of ether oxygens (including phenoxy) is 1. The molecular formula is C33H36N8O. The van der Waals surface area contributed by atoms with Gasteiger partial charge in [-0.15, -0.1) is 0 Å². The molecule has 0 amide bonds. The Kier molecular flexibility index (Phi) is 7.17. The quantitative estimate of drug-likeness (QED) is 0.399. The molecule has 3 aromatic carbocycles. The number of anilines is 1. The highest BCUT2D eigenvalue weighted by Crippen LogP contribution is 2.34. The smallest absolute Gasteiger partial charge is 0.205 e. The molecule has 4 aliphatic rings. The van der Waals surface area contributed by atoms with E-state index < -0.39 is 0 Å². The molecule has 0 saturated carbocycles. The number of hydrogen-bond acceptors (Lipinski definition) is 9. The molecule has 4 aliphatic heterocycles. The molecule has 0 bridgehead atoms. The second-order valence-corrected chi connectivity index (χ2v) is 11.3. The molecule has 7 rings (SSSR count). The van der Waals surface area contributed by atoms with Crippen LogP contribution < -0.4 is 15.4 Å². The van der Waals surface area contributed by atoms with Gasteiger partial charge in [0.15, 0.2) is 0 Å². The second-order valence-electron chi connectivity index (χ2n) is 11.3. The number of aliphatic imine (C=N–C) groups is 4. The highest BCUT2D eigenvalue weighted by molar-refractivity contribution is 6.10. The highest BCUT2D eigenvalue weighted by Gasteiger charge is 2.25. The maximum atomic E-state index is 5.98. The largest absolute Gasteiger partial charge is 0.494 e. The highest BCUT2D eigenvalue weighted by atomic mass is 16.5. The fourth-order valence-electron chi connectivity index (χ4n) is 5.76.